The van der Waals surface area contributed by atoms with Crippen molar-refractivity contribution < 1.29 is 19.1 Å². The topological polar surface area (TPSA) is 55.8 Å². The van der Waals surface area contributed by atoms with Gasteiger partial charge in [-0.1, -0.05) is 6.07 Å². The molecule has 5 nitrogen and oxygen atoms in total. The lowest BCUT2D eigenvalue weighted by Crippen LogP contribution is -2.42. The number of amides is 1. The Labute approximate surface area is 142 Å². The molecule has 1 aromatic carbocycles. The van der Waals surface area contributed by atoms with Crippen LogP contribution in [0.5, 0.6) is 5.75 Å². The summed E-state index contributed by atoms with van der Waals surface area (Å²) in [7, 11) is 1.67. The normalized spacial score (nSPS) is 22.3. The molecule has 0 N–H and O–H groups in total. The molecule has 3 rings (SSSR count). The van der Waals surface area contributed by atoms with Crippen LogP contribution >= 0.6 is 0 Å². The van der Waals surface area contributed by atoms with E-state index in [1.807, 2.05) is 6.07 Å². The first-order valence-corrected chi connectivity index (χ1v) is 8.74. The molecule has 1 fully saturated rings. The van der Waals surface area contributed by atoms with E-state index in [9.17, 15) is 9.59 Å². The second kappa shape index (κ2) is 7.24. The van der Waals surface area contributed by atoms with Crippen molar-refractivity contribution in [2.24, 2.45) is 5.92 Å². The van der Waals surface area contributed by atoms with Crippen molar-refractivity contribution in [3.05, 3.63) is 29.3 Å². The first-order valence-electron chi connectivity index (χ1n) is 8.74. The Kier molecular flexibility index (Phi) is 5.07. The van der Waals surface area contributed by atoms with Gasteiger partial charge in [-0.05, 0) is 61.8 Å². The van der Waals surface area contributed by atoms with Gasteiger partial charge in [-0.3, -0.25) is 4.79 Å². The van der Waals surface area contributed by atoms with Crippen LogP contribution in [0.25, 0.3) is 0 Å². The zero-order chi connectivity index (χ0) is 17.1. The molecule has 0 spiro atoms. The van der Waals surface area contributed by atoms with Gasteiger partial charge in [-0.15, -0.1) is 0 Å². The van der Waals surface area contributed by atoms with Gasteiger partial charge in [0.2, 0.25) is 5.91 Å². The molecule has 1 aliphatic heterocycles. The number of rotatable bonds is 5. The number of benzene rings is 1. The first kappa shape index (κ1) is 16.8. The number of ether oxygens (including phenoxy) is 2. The van der Waals surface area contributed by atoms with E-state index in [0.717, 1.165) is 25.0 Å². The van der Waals surface area contributed by atoms with Crippen LogP contribution in [0, 0.1) is 5.92 Å². The number of likely N-dealkylation sites (tertiary alicyclic amines) is 1. The largest absolute Gasteiger partial charge is 0.497 e. The molecule has 1 amide bonds. The van der Waals surface area contributed by atoms with Gasteiger partial charge in [-0.25, -0.2) is 4.79 Å². The molecule has 5 heteroatoms. The van der Waals surface area contributed by atoms with Gasteiger partial charge in [0, 0.05) is 13.0 Å². The minimum atomic E-state index is -0.388. The smallest absolute Gasteiger partial charge is 0.328 e. The predicted molar refractivity (Wildman–Crippen MR) is 89.9 cm³/mol. The van der Waals surface area contributed by atoms with Crippen LogP contribution in [0.2, 0.25) is 0 Å². The summed E-state index contributed by atoms with van der Waals surface area (Å²) >= 11 is 0. The van der Waals surface area contributed by atoms with Gasteiger partial charge >= 0.3 is 5.97 Å². The van der Waals surface area contributed by atoms with Crippen LogP contribution in [-0.2, 0) is 27.2 Å². The highest BCUT2D eigenvalue weighted by atomic mass is 16.5. The van der Waals surface area contributed by atoms with Crippen molar-refractivity contribution in [1.82, 2.24) is 4.90 Å². The number of methoxy groups -OCH3 is 1. The second-order valence-corrected chi connectivity index (χ2v) is 6.61. The standard InChI is InChI=1S/C19H25NO4/c1-3-24-19(22)17-5-4-8-20(17)18(21)11-13-9-14-6-7-16(23-2)12-15(14)10-13/h6-7,12-13,17H,3-5,8-11H2,1-2H3/t13?,17-/m0/s1. The van der Waals surface area contributed by atoms with E-state index in [1.165, 1.54) is 11.1 Å². The van der Waals surface area contributed by atoms with Crippen LogP contribution in [-0.4, -0.2) is 43.1 Å². The highest BCUT2D eigenvalue weighted by Gasteiger charge is 2.36. The first-order chi connectivity index (χ1) is 11.6. The third-order valence-corrected chi connectivity index (χ3v) is 5.03. The van der Waals surface area contributed by atoms with Crippen molar-refractivity contribution in [1.29, 1.82) is 0 Å². The Morgan fingerprint density at radius 3 is 2.79 bits per heavy atom. The quantitative estimate of drug-likeness (QED) is 0.777. The Hall–Kier alpha value is -2.04. The Morgan fingerprint density at radius 2 is 2.04 bits per heavy atom. The molecule has 0 aromatic heterocycles. The van der Waals surface area contributed by atoms with E-state index in [-0.39, 0.29) is 17.9 Å². The zero-order valence-electron chi connectivity index (χ0n) is 14.4. The number of esters is 1. The van der Waals surface area contributed by atoms with Gasteiger partial charge < -0.3 is 14.4 Å². The summed E-state index contributed by atoms with van der Waals surface area (Å²) in [5.41, 5.74) is 2.58. The van der Waals surface area contributed by atoms with Gasteiger partial charge in [0.05, 0.1) is 13.7 Å². The van der Waals surface area contributed by atoms with Crippen molar-refractivity contribution in [2.75, 3.05) is 20.3 Å². The van der Waals surface area contributed by atoms with E-state index < -0.39 is 0 Å². The van der Waals surface area contributed by atoms with E-state index >= 15 is 0 Å². The molecule has 0 radical (unpaired) electrons. The van der Waals surface area contributed by atoms with Crippen molar-refractivity contribution in [3.8, 4) is 5.75 Å². The maximum atomic E-state index is 12.7. The number of carbonyl (C=O) groups is 2. The van der Waals surface area contributed by atoms with Crippen molar-refractivity contribution >= 4 is 11.9 Å². The summed E-state index contributed by atoms with van der Waals surface area (Å²) in [6.07, 6.45) is 3.90. The van der Waals surface area contributed by atoms with Gasteiger partial charge in [0.15, 0.2) is 0 Å². The maximum absolute atomic E-state index is 12.7. The average molecular weight is 331 g/mol. The monoisotopic (exact) mass is 331 g/mol. The van der Waals surface area contributed by atoms with E-state index in [2.05, 4.69) is 12.1 Å². The Balaban J connectivity index is 1.60. The third-order valence-electron chi connectivity index (χ3n) is 5.03. The summed E-state index contributed by atoms with van der Waals surface area (Å²) < 4.78 is 10.4. The summed E-state index contributed by atoms with van der Waals surface area (Å²) in [6, 6.07) is 5.74. The van der Waals surface area contributed by atoms with E-state index in [1.54, 1.807) is 18.9 Å². The van der Waals surface area contributed by atoms with Gasteiger partial charge in [0.1, 0.15) is 11.8 Å². The molecule has 130 valence electrons. The number of hydrogen-bond donors (Lipinski definition) is 0. The molecular weight excluding hydrogens is 306 g/mol. The lowest BCUT2D eigenvalue weighted by molar-refractivity contribution is -0.153. The van der Waals surface area contributed by atoms with Crippen LogP contribution in [0.3, 0.4) is 0 Å². The SMILES string of the molecule is CCOC(=O)[C@@H]1CCCN1C(=O)CC1Cc2ccc(OC)cc2C1. The molecule has 0 bridgehead atoms. The molecule has 24 heavy (non-hydrogen) atoms. The lowest BCUT2D eigenvalue weighted by Gasteiger charge is -2.24. The number of hydrogen-bond acceptors (Lipinski definition) is 4. The number of carbonyl (C=O) groups excluding carboxylic acids is 2. The highest BCUT2D eigenvalue weighted by molar-refractivity contribution is 5.85. The summed E-state index contributed by atoms with van der Waals surface area (Å²) in [5, 5.41) is 0. The Morgan fingerprint density at radius 1 is 1.25 bits per heavy atom. The van der Waals surface area contributed by atoms with Crippen molar-refractivity contribution in [2.45, 2.75) is 45.1 Å². The molecule has 2 atom stereocenters. The fourth-order valence-electron chi connectivity index (χ4n) is 3.87. The number of fused-ring (bicyclic) bond motifs is 1. The molecule has 1 aromatic rings. The van der Waals surface area contributed by atoms with E-state index in [0.29, 0.717) is 31.9 Å². The van der Waals surface area contributed by atoms with Crippen LogP contribution in [0.1, 0.15) is 37.3 Å². The fourth-order valence-corrected chi connectivity index (χ4v) is 3.87. The summed E-state index contributed by atoms with van der Waals surface area (Å²) in [4.78, 5) is 26.4. The lowest BCUT2D eigenvalue weighted by atomic mass is 10.0. The zero-order valence-corrected chi connectivity index (χ0v) is 14.4. The highest BCUT2D eigenvalue weighted by Crippen LogP contribution is 2.32. The minimum absolute atomic E-state index is 0.0790. The minimum Gasteiger partial charge on any atom is -0.497 e. The molecule has 2 aliphatic rings. The fraction of sp³-hybridized carbons (Fsp3) is 0.579. The molecule has 0 saturated carbocycles. The summed E-state index contributed by atoms with van der Waals surface area (Å²) in [6.45, 7) is 2.82. The third kappa shape index (κ3) is 3.40. The van der Waals surface area contributed by atoms with E-state index in [4.69, 9.17) is 9.47 Å². The van der Waals surface area contributed by atoms with Gasteiger partial charge in [0.25, 0.3) is 0 Å². The second-order valence-electron chi connectivity index (χ2n) is 6.61. The van der Waals surface area contributed by atoms with Gasteiger partial charge in [-0.2, -0.15) is 0 Å². The summed E-state index contributed by atoms with van der Waals surface area (Å²) in [5.74, 6) is 0.990. The molecule has 1 heterocycles. The van der Waals surface area contributed by atoms with Crippen LogP contribution < -0.4 is 4.74 Å². The maximum Gasteiger partial charge on any atom is 0.328 e. The predicted octanol–water partition coefficient (Wildman–Crippen LogP) is 2.35. The van der Waals surface area contributed by atoms with Crippen LogP contribution in [0.15, 0.2) is 18.2 Å². The molecule has 1 aliphatic carbocycles. The number of nitrogens with zero attached hydrogens (tertiary/aromatic N) is 1. The molecular formula is C19H25NO4. The van der Waals surface area contributed by atoms with Crippen LogP contribution in [0.4, 0.5) is 0 Å². The van der Waals surface area contributed by atoms with Crippen molar-refractivity contribution in [3.63, 3.8) is 0 Å². The molecule has 1 unspecified atom stereocenters. The molecule has 1 saturated heterocycles. The Bertz CT molecular complexity index is 628. The average Bonchev–Trinajstić information content (AvgIpc) is 3.20.